The quantitative estimate of drug-likeness (QED) is 0.572. The van der Waals surface area contributed by atoms with Gasteiger partial charge in [-0.25, -0.2) is 0 Å². The molecule has 6 heteroatoms. The lowest BCUT2D eigenvalue weighted by molar-refractivity contribution is -0.117. The number of amides is 1. The second-order valence-electron chi connectivity index (χ2n) is 8.20. The van der Waals surface area contributed by atoms with Crippen molar-refractivity contribution in [2.24, 2.45) is 5.73 Å². The van der Waals surface area contributed by atoms with Crippen LogP contribution in [0.15, 0.2) is 54.6 Å². The first-order valence-corrected chi connectivity index (χ1v) is 11.2. The standard InChI is InChI=1S/C14H22N2O3.C11H15N/c1-10(2)16-8-12(17)9-19-13-5-3-11(4-6-13)7-14(15)18;1-3-7-11(8-4-1)12-9-5-2-6-10-12/h3-6,10,12,16-17H,7-9H2,1-2H3,(H2,15,18);1,3-4,7-8H,2,5-6,9-10H2. The maximum Gasteiger partial charge on any atom is 0.221 e. The summed E-state index contributed by atoms with van der Waals surface area (Å²) in [6, 6.07) is 18.2. The van der Waals surface area contributed by atoms with Crippen LogP contribution < -0.4 is 20.7 Å². The summed E-state index contributed by atoms with van der Waals surface area (Å²) in [5, 5.41) is 12.8. The molecular formula is C25H37N3O3. The van der Waals surface area contributed by atoms with E-state index in [4.69, 9.17) is 10.5 Å². The minimum absolute atomic E-state index is 0.223. The number of rotatable bonds is 9. The number of hydrogen-bond acceptors (Lipinski definition) is 5. The van der Waals surface area contributed by atoms with Crippen LogP contribution in [0.2, 0.25) is 0 Å². The first-order chi connectivity index (χ1) is 14.9. The molecule has 1 amide bonds. The van der Waals surface area contributed by atoms with Crippen LogP contribution in [-0.2, 0) is 11.2 Å². The van der Waals surface area contributed by atoms with Crippen molar-refractivity contribution in [2.45, 2.75) is 51.7 Å². The summed E-state index contributed by atoms with van der Waals surface area (Å²) in [5.74, 6) is 0.306. The molecule has 2 aromatic carbocycles. The molecule has 1 saturated heterocycles. The number of carbonyl (C=O) groups is 1. The van der Waals surface area contributed by atoms with Crippen LogP contribution in [0, 0.1) is 0 Å². The third-order valence-electron chi connectivity index (χ3n) is 4.98. The van der Waals surface area contributed by atoms with Gasteiger partial charge >= 0.3 is 0 Å². The molecule has 6 nitrogen and oxygen atoms in total. The Kier molecular flexibility index (Phi) is 10.9. The highest BCUT2D eigenvalue weighted by atomic mass is 16.5. The number of carbonyl (C=O) groups excluding carboxylic acids is 1. The molecule has 31 heavy (non-hydrogen) atoms. The lowest BCUT2D eigenvalue weighted by atomic mass is 10.1. The molecule has 4 N–H and O–H groups in total. The Hall–Kier alpha value is -2.57. The van der Waals surface area contributed by atoms with Crippen molar-refractivity contribution < 1.29 is 14.6 Å². The third kappa shape index (κ3) is 10.3. The van der Waals surface area contributed by atoms with Crippen LogP contribution >= 0.6 is 0 Å². The predicted octanol–water partition coefficient (Wildman–Crippen LogP) is 3.13. The van der Waals surface area contributed by atoms with E-state index >= 15 is 0 Å². The maximum absolute atomic E-state index is 10.7. The molecule has 0 aromatic heterocycles. The Balaban J connectivity index is 0.000000242. The first kappa shape index (κ1) is 24.7. The van der Waals surface area contributed by atoms with Crippen LogP contribution in [0.4, 0.5) is 5.69 Å². The van der Waals surface area contributed by atoms with Gasteiger partial charge in [-0.15, -0.1) is 0 Å². The second kappa shape index (κ2) is 13.7. The van der Waals surface area contributed by atoms with E-state index in [1.54, 1.807) is 24.3 Å². The zero-order valence-corrected chi connectivity index (χ0v) is 18.8. The summed E-state index contributed by atoms with van der Waals surface area (Å²) >= 11 is 0. The molecule has 1 heterocycles. The summed E-state index contributed by atoms with van der Waals surface area (Å²) in [5.41, 5.74) is 7.34. The van der Waals surface area contributed by atoms with Crippen LogP contribution in [0.3, 0.4) is 0 Å². The SMILES string of the molecule is CC(C)NCC(O)COc1ccc(CC(N)=O)cc1.c1ccc(N2CCCCC2)cc1. The normalized spacial score (nSPS) is 14.5. The lowest BCUT2D eigenvalue weighted by Gasteiger charge is -2.28. The van der Waals surface area contributed by atoms with E-state index in [1.165, 1.54) is 38.0 Å². The molecule has 0 saturated carbocycles. The number of nitrogens with one attached hydrogen (secondary N) is 1. The number of benzene rings is 2. The van der Waals surface area contributed by atoms with E-state index in [2.05, 4.69) is 40.5 Å². The lowest BCUT2D eigenvalue weighted by Crippen LogP contribution is -2.35. The van der Waals surface area contributed by atoms with Gasteiger partial charge < -0.3 is 25.8 Å². The average Bonchev–Trinajstić information content (AvgIpc) is 2.78. The van der Waals surface area contributed by atoms with Crippen molar-refractivity contribution in [1.82, 2.24) is 5.32 Å². The van der Waals surface area contributed by atoms with Crippen molar-refractivity contribution in [3.05, 3.63) is 60.2 Å². The predicted molar refractivity (Wildman–Crippen MR) is 126 cm³/mol. The van der Waals surface area contributed by atoms with Gasteiger partial charge in [-0.2, -0.15) is 0 Å². The Bertz CT molecular complexity index is 744. The van der Waals surface area contributed by atoms with Crippen LogP contribution in [-0.4, -0.2) is 49.4 Å². The fraction of sp³-hybridized carbons (Fsp3) is 0.480. The number of aliphatic hydroxyl groups is 1. The Labute approximate surface area is 186 Å². The third-order valence-corrected chi connectivity index (χ3v) is 4.98. The van der Waals surface area contributed by atoms with E-state index in [-0.39, 0.29) is 18.9 Å². The molecule has 1 unspecified atom stereocenters. The molecule has 0 aliphatic carbocycles. The average molecular weight is 428 g/mol. The van der Waals surface area contributed by atoms with E-state index < -0.39 is 6.10 Å². The second-order valence-corrected chi connectivity index (χ2v) is 8.20. The fourth-order valence-corrected chi connectivity index (χ4v) is 3.32. The van der Waals surface area contributed by atoms with Gasteiger partial charge in [0, 0.05) is 31.4 Å². The monoisotopic (exact) mass is 427 g/mol. The molecule has 1 aliphatic rings. The highest BCUT2D eigenvalue weighted by molar-refractivity contribution is 5.76. The number of anilines is 1. The van der Waals surface area contributed by atoms with Crippen molar-refractivity contribution in [2.75, 3.05) is 31.1 Å². The smallest absolute Gasteiger partial charge is 0.221 e. The molecule has 0 spiro atoms. The Morgan fingerprint density at radius 2 is 1.71 bits per heavy atom. The van der Waals surface area contributed by atoms with E-state index in [0.29, 0.717) is 18.3 Å². The zero-order valence-electron chi connectivity index (χ0n) is 18.8. The van der Waals surface area contributed by atoms with Gasteiger partial charge in [-0.05, 0) is 49.1 Å². The topological polar surface area (TPSA) is 87.8 Å². The number of nitrogens with two attached hydrogens (primary N) is 1. The maximum atomic E-state index is 10.7. The molecule has 1 atom stereocenters. The van der Waals surface area contributed by atoms with Gasteiger partial charge in [-0.3, -0.25) is 4.79 Å². The summed E-state index contributed by atoms with van der Waals surface area (Å²) in [6.45, 7) is 7.25. The molecule has 1 aliphatic heterocycles. The van der Waals surface area contributed by atoms with Gasteiger partial charge in [0.1, 0.15) is 18.5 Å². The van der Waals surface area contributed by atoms with Crippen LogP contribution in [0.5, 0.6) is 5.75 Å². The first-order valence-electron chi connectivity index (χ1n) is 11.2. The molecule has 170 valence electrons. The van der Waals surface area contributed by atoms with Crippen molar-refractivity contribution in [3.8, 4) is 5.75 Å². The molecular weight excluding hydrogens is 390 g/mol. The van der Waals surface area contributed by atoms with E-state index in [9.17, 15) is 9.90 Å². The van der Waals surface area contributed by atoms with Gasteiger partial charge in [0.15, 0.2) is 0 Å². The minimum atomic E-state index is -0.548. The summed E-state index contributed by atoms with van der Waals surface area (Å²) in [7, 11) is 0. The minimum Gasteiger partial charge on any atom is -0.491 e. The summed E-state index contributed by atoms with van der Waals surface area (Å²) in [4.78, 5) is 13.2. The van der Waals surface area contributed by atoms with Crippen LogP contribution in [0.25, 0.3) is 0 Å². The van der Waals surface area contributed by atoms with Crippen LogP contribution in [0.1, 0.15) is 38.7 Å². The molecule has 0 radical (unpaired) electrons. The van der Waals surface area contributed by atoms with Crippen molar-refractivity contribution in [1.29, 1.82) is 0 Å². The number of para-hydroxylation sites is 1. The number of hydrogen-bond donors (Lipinski definition) is 3. The Morgan fingerprint density at radius 1 is 1.06 bits per heavy atom. The summed E-state index contributed by atoms with van der Waals surface area (Å²) < 4.78 is 5.45. The number of nitrogens with zero attached hydrogens (tertiary/aromatic N) is 1. The van der Waals surface area contributed by atoms with Gasteiger partial charge in [-0.1, -0.05) is 44.2 Å². The highest BCUT2D eigenvalue weighted by Gasteiger charge is 2.09. The zero-order chi connectivity index (χ0) is 22.5. The largest absolute Gasteiger partial charge is 0.491 e. The van der Waals surface area contributed by atoms with E-state index in [1.807, 2.05) is 13.8 Å². The fourth-order valence-electron chi connectivity index (χ4n) is 3.32. The number of aliphatic hydroxyl groups excluding tert-OH is 1. The highest BCUT2D eigenvalue weighted by Crippen LogP contribution is 2.18. The van der Waals surface area contributed by atoms with Crippen molar-refractivity contribution in [3.63, 3.8) is 0 Å². The molecule has 0 bridgehead atoms. The molecule has 1 fully saturated rings. The number of piperidine rings is 1. The van der Waals surface area contributed by atoms with Crippen molar-refractivity contribution >= 4 is 11.6 Å². The molecule has 3 rings (SSSR count). The van der Waals surface area contributed by atoms with Gasteiger partial charge in [0.25, 0.3) is 0 Å². The Morgan fingerprint density at radius 3 is 2.29 bits per heavy atom. The summed E-state index contributed by atoms with van der Waals surface area (Å²) in [6.07, 6.45) is 3.79. The van der Waals surface area contributed by atoms with E-state index in [0.717, 1.165) is 5.56 Å². The van der Waals surface area contributed by atoms with Gasteiger partial charge in [0.05, 0.1) is 6.42 Å². The number of ether oxygens (including phenoxy) is 1. The number of primary amides is 1. The molecule has 2 aromatic rings. The van der Waals surface area contributed by atoms with Gasteiger partial charge in [0.2, 0.25) is 5.91 Å².